The highest BCUT2D eigenvalue weighted by Crippen LogP contribution is 2.07. The Kier molecular flexibility index (Phi) is 6.63. The van der Waals surface area contributed by atoms with Gasteiger partial charge in [-0.1, -0.05) is 0 Å². The van der Waals surface area contributed by atoms with Crippen LogP contribution in [0.15, 0.2) is 0 Å². The van der Waals surface area contributed by atoms with Gasteiger partial charge in [-0.05, 0) is 27.7 Å². The van der Waals surface area contributed by atoms with Crippen molar-refractivity contribution in [3.8, 4) is 6.19 Å². The monoisotopic (exact) mass is 319 g/mol. The number of alkyl carbamates (subject to hydrolysis) is 1. The van der Waals surface area contributed by atoms with Gasteiger partial charge in [-0.2, -0.15) is 5.26 Å². The lowest BCUT2D eigenvalue weighted by Gasteiger charge is -2.24. The molecule has 0 aliphatic carbocycles. The first-order valence-electron chi connectivity index (χ1n) is 6.28. The van der Waals surface area contributed by atoms with Crippen LogP contribution in [-0.4, -0.2) is 55.5 Å². The van der Waals surface area contributed by atoms with Crippen LogP contribution in [0.5, 0.6) is 0 Å². The predicted molar refractivity (Wildman–Crippen MR) is 75.9 cm³/mol. The molecule has 0 aliphatic heterocycles. The highest BCUT2D eigenvalue weighted by atomic mass is 32.2. The Labute approximate surface area is 125 Å². The molecular formula is C12H21N3O5S. The average molecular weight is 319 g/mol. The third-order valence-electron chi connectivity index (χ3n) is 2.16. The number of hydrogen-bond acceptors (Lipinski definition) is 6. The van der Waals surface area contributed by atoms with E-state index in [0.717, 1.165) is 11.2 Å². The molecule has 0 fully saturated rings. The molecule has 0 aromatic carbocycles. The Hall–Kier alpha value is -1.82. The van der Waals surface area contributed by atoms with Crippen molar-refractivity contribution in [1.29, 1.82) is 5.26 Å². The van der Waals surface area contributed by atoms with E-state index >= 15 is 0 Å². The molecular weight excluding hydrogens is 298 g/mol. The molecule has 0 spiro atoms. The summed E-state index contributed by atoms with van der Waals surface area (Å²) in [6, 6.07) is -1.37. The van der Waals surface area contributed by atoms with Crippen LogP contribution in [-0.2, 0) is 19.4 Å². The second-order valence-corrected chi connectivity index (χ2v) is 7.66. The summed E-state index contributed by atoms with van der Waals surface area (Å²) in [6.07, 6.45) is 1.66. The Balaban J connectivity index is 5.13. The standard InChI is InChI=1S/C12H21N3O5S/c1-6-15(8-13)10(16)9(7-21(5,18)19)14-11(17)20-12(2,3)4/h9H,6-7H2,1-5H3,(H,14,17). The first kappa shape index (κ1) is 19.2. The van der Waals surface area contributed by atoms with E-state index in [0.29, 0.717) is 0 Å². The van der Waals surface area contributed by atoms with Crippen LogP contribution in [0.1, 0.15) is 27.7 Å². The van der Waals surface area contributed by atoms with Crippen molar-refractivity contribution in [3.63, 3.8) is 0 Å². The van der Waals surface area contributed by atoms with E-state index in [1.54, 1.807) is 33.9 Å². The molecule has 0 rings (SSSR count). The summed E-state index contributed by atoms with van der Waals surface area (Å²) in [5, 5.41) is 11.0. The zero-order chi connectivity index (χ0) is 16.8. The third-order valence-corrected chi connectivity index (χ3v) is 3.10. The highest BCUT2D eigenvalue weighted by Gasteiger charge is 2.30. The number of sulfone groups is 1. The molecule has 0 aromatic rings. The molecule has 0 radical (unpaired) electrons. The number of nitriles is 1. The van der Waals surface area contributed by atoms with Crippen molar-refractivity contribution in [2.24, 2.45) is 0 Å². The maximum Gasteiger partial charge on any atom is 0.408 e. The van der Waals surface area contributed by atoms with Gasteiger partial charge in [-0.15, -0.1) is 0 Å². The van der Waals surface area contributed by atoms with Gasteiger partial charge < -0.3 is 10.1 Å². The summed E-state index contributed by atoms with van der Waals surface area (Å²) in [6.45, 7) is 6.53. The first-order valence-corrected chi connectivity index (χ1v) is 8.34. The second kappa shape index (κ2) is 7.26. The SMILES string of the molecule is CCN(C#N)C(=O)C(CS(C)(=O)=O)NC(=O)OC(C)(C)C. The molecule has 9 heteroatoms. The molecule has 0 saturated carbocycles. The Bertz CT molecular complexity index is 530. The van der Waals surface area contributed by atoms with E-state index in [1.807, 2.05) is 0 Å². The molecule has 2 amide bonds. The van der Waals surface area contributed by atoms with Crippen molar-refractivity contribution < 1.29 is 22.7 Å². The number of carbonyl (C=O) groups excluding carboxylic acids is 2. The first-order chi connectivity index (χ1) is 9.39. The van der Waals surface area contributed by atoms with E-state index in [1.165, 1.54) is 0 Å². The summed E-state index contributed by atoms with van der Waals surface area (Å²) < 4.78 is 27.7. The van der Waals surface area contributed by atoms with Gasteiger partial charge >= 0.3 is 6.09 Å². The lowest BCUT2D eigenvalue weighted by molar-refractivity contribution is -0.129. The van der Waals surface area contributed by atoms with Crippen LogP contribution < -0.4 is 5.32 Å². The molecule has 0 saturated heterocycles. The molecule has 1 unspecified atom stereocenters. The Morgan fingerprint density at radius 3 is 2.24 bits per heavy atom. The van der Waals surface area contributed by atoms with Crippen LogP contribution in [0.3, 0.4) is 0 Å². The van der Waals surface area contributed by atoms with Gasteiger partial charge in [0, 0.05) is 12.8 Å². The van der Waals surface area contributed by atoms with E-state index in [9.17, 15) is 18.0 Å². The zero-order valence-corrected chi connectivity index (χ0v) is 13.7. The lowest BCUT2D eigenvalue weighted by Crippen LogP contribution is -2.51. The minimum absolute atomic E-state index is 0.0750. The van der Waals surface area contributed by atoms with Gasteiger partial charge in [0.25, 0.3) is 5.91 Å². The number of carbonyl (C=O) groups is 2. The molecule has 21 heavy (non-hydrogen) atoms. The summed E-state index contributed by atoms with van der Waals surface area (Å²) in [5.41, 5.74) is -0.789. The molecule has 0 aliphatic rings. The van der Waals surface area contributed by atoms with E-state index in [2.05, 4.69) is 5.32 Å². The van der Waals surface area contributed by atoms with Crippen molar-refractivity contribution >= 4 is 21.8 Å². The maximum atomic E-state index is 12.1. The largest absolute Gasteiger partial charge is 0.444 e. The van der Waals surface area contributed by atoms with Gasteiger partial charge in [0.1, 0.15) is 21.5 Å². The van der Waals surface area contributed by atoms with E-state index in [-0.39, 0.29) is 6.54 Å². The average Bonchev–Trinajstić information content (AvgIpc) is 2.25. The number of hydrogen-bond donors (Lipinski definition) is 1. The van der Waals surface area contributed by atoms with Gasteiger partial charge in [-0.25, -0.2) is 18.1 Å². The van der Waals surface area contributed by atoms with Crippen molar-refractivity contribution in [1.82, 2.24) is 10.2 Å². The minimum Gasteiger partial charge on any atom is -0.444 e. The summed E-state index contributed by atoms with van der Waals surface area (Å²) in [7, 11) is -3.53. The fraction of sp³-hybridized carbons (Fsp3) is 0.750. The van der Waals surface area contributed by atoms with Gasteiger partial charge in [-0.3, -0.25) is 4.79 Å². The highest BCUT2D eigenvalue weighted by molar-refractivity contribution is 7.90. The number of amides is 2. The van der Waals surface area contributed by atoms with Crippen LogP contribution in [0, 0.1) is 11.5 Å². The van der Waals surface area contributed by atoms with E-state index in [4.69, 9.17) is 10.00 Å². The van der Waals surface area contributed by atoms with Crippen molar-refractivity contribution in [2.75, 3.05) is 18.6 Å². The second-order valence-electron chi connectivity index (χ2n) is 5.47. The molecule has 120 valence electrons. The van der Waals surface area contributed by atoms with Gasteiger partial charge in [0.15, 0.2) is 6.19 Å². The topological polar surface area (TPSA) is 117 Å². The van der Waals surface area contributed by atoms with Crippen LogP contribution >= 0.6 is 0 Å². The maximum absolute atomic E-state index is 12.1. The van der Waals surface area contributed by atoms with Crippen LogP contribution in [0.4, 0.5) is 4.79 Å². The fourth-order valence-corrected chi connectivity index (χ4v) is 2.22. The van der Waals surface area contributed by atoms with Crippen LogP contribution in [0.25, 0.3) is 0 Å². The van der Waals surface area contributed by atoms with Crippen molar-refractivity contribution in [3.05, 3.63) is 0 Å². The summed E-state index contributed by atoms with van der Waals surface area (Å²) >= 11 is 0. The lowest BCUT2D eigenvalue weighted by atomic mass is 10.2. The number of rotatable bonds is 5. The zero-order valence-electron chi connectivity index (χ0n) is 12.8. The molecule has 0 aromatic heterocycles. The number of nitrogens with one attached hydrogen (secondary N) is 1. The third kappa shape index (κ3) is 8.14. The minimum atomic E-state index is -3.53. The summed E-state index contributed by atoms with van der Waals surface area (Å²) in [5.74, 6) is -1.40. The molecule has 1 N–H and O–H groups in total. The normalized spacial score (nSPS) is 13.0. The summed E-state index contributed by atoms with van der Waals surface area (Å²) in [4.78, 5) is 24.5. The molecule has 1 atom stereocenters. The van der Waals surface area contributed by atoms with Crippen molar-refractivity contribution in [2.45, 2.75) is 39.3 Å². The Morgan fingerprint density at radius 1 is 1.38 bits per heavy atom. The van der Waals surface area contributed by atoms with Gasteiger partial charge in [0.05, 0.1) is 5.75 Å². The molecule has 0 heterocycles. The molecule has 8 nitrogen and oxygen atoms in total. The number of nitrogens with zero attached hydrogens (tertiary/aromatic N) is 2. The van der Waals surface area contributed by atoms with E-state index < -0.39 is 39.2 Å². The van der Waals surface area contributed by atoms with Crippen LogP contribution in [0.2, 0.25) is 0 Å². The molecule has 0 bridgehead atoms. The smallest absolute Gasteiger partial charge is 0.408 e. The Morgan fingerprint density at radius 2 is 1.90 bits per heavy atom. The number of ether oxygens (including phenoxy) is 1. The van der Waals surface area contributed by atoms with Gasteiger partial charge in [0.2, 0.25) is 0 Å². The number of likely N-dealkylation sites (N-methyl/N-ethyl adjacent to an activating group) is 1. The fourth-order valence-electron chi connectivity index (χ4n) is 1.39. The predicted octanol–water partition coefficient (Wildman–Crippen LogP) is 0.254. The quantitative estimate of drug-likeness (QED) is 0.573.